The van der Waals surface area contributed by atoms with Crippen LogP contribution in [0.5, 0.6) is 0 Å². The molecular formula is C82H74BN3OS. The molecule has 0 radical (unpaired) electrons. The van der Waals surface area contributed by atoms with E-state index in [1.54, 1.807) is 0 Å². The summed E-state index contributed by atoms with van der Waals surface area (Å²) in [5.74, 6) is 0. The van der Waals surface area contributed by atoms with E-state index in [1.807, 2.05) is 11.3 Å². The zero-order valence-corrected chi connectivity index (χ0v) is 53.3. The summed E-state index contributed by atoms with van der Waals surface area (Å²) in [6, 6.07) is 75.7. The van der Waals surface area contributed by atoms with Gasteiger partial charge in [0.05, 0.1) is 16.9 Å². The van der Waals surface area contributed by atoms with Crippen LogP contribution in [0.15, 0.2) is 199 Å². The van der Waals surface area contributed by atoms with Gasteiger partial charge >= 0.3 is 0 Å². The highest BCUT2D eigenvalue weighted by Crippen LogP contribution is 2.63. The molecule has 432 valence electrons. The van der Waals surface area contributed by atoms with Crippen molar-refractivity contribution < 1.29 is 4.42 Å². The fraction of sp³-hybridized carbons (Fsp3) is 0.268. The molecule has 12 aromatic rings. The van der Waals surface area contributed by atoms with Crippen molar-refractivity contribution in [2.75, 3.05) is 14.7 Å². The van der Waals surface area contributed by atoms with Gasteiger partial charge in [-0.2, -0.15) is 0 Å². The molecule has 2 unspecified atom stereocenters. The number of hydrogen-bond acceptors (Lipinski definition) is 5. The molecule has 6 aliphatic rings. The van der Waals surface area contributed by atoms with Gasteiger partial charge in [0.1, 0.15) is 5.58 Å². The summed E-state index contributed by atoms with van der Waals surface area (Å²) >= 11 is 1.91. The summed E-state index contributed by atoms with van der Waals surface area (Å²) in [4.78, 5) is 8.31. The van der Waals surface area contributed by atoms with Gasteiger partial charge in [0.25, 0.3) is 6.71 Å². The standard InChI is InChI=1S/C82H74BN3OS/c1-77(2)40-41-78(3,4)58-47-67-62(45-57(58)77)83-63-46-59-60(80(7,8)56-30-17-16-29-55(56)79(59,5)6)48-68(63)84(65-31-23-35-73-74(65)54-27-15-19-34-72(54)88-73)69-43-51(44-70(75(69)83)85(67)66-32-22-28-53-52-26-14-18-33-71(52)87-76(53)66)86-64-37-36-50(49-24-12-11-13-25-49)42-61(64)81(9)38-20-21-39-82(81,86)10/h11-19,22-37,42-48H,20-21,38-41H2,1-10H3. The van der Waals surface area contributed by atoms with E-state index < -0.39 is 0 Å². The van der Waals surface area contributed by atoms with Crippen LogP contribution in [0, 0.1) is 0 Å². The Balaban J connectivity index is 1.02. The summed E-state index contributed by atoms with van der Waals surface area (Å²) in [5, 5.41) is 4.88. The average molecular weight is 1160 g/mol. The lowest BCUT2D eigenvalue weighted by Gasteiger charge is -2.51. The second kappa shape index (κ2) is 17.7. The quantitative estimate of drug-likeness (QED) is 0.164. The summed E-state index contributed by atoms with van der Waals surface area (Å²) < 4.78 is 9.88. The average Bonchev–Trinajstić information content (AvgIpc) is 0.954. The summed E-state index contributed by atoms with van der Waals surface area (Å²) in [6.45, 7) is 25.0. The predicted molar refractivity (Wildman–Crippen MR) is 375 cm³/mol. The summed E-state index contributed by atoms with van der Waals surface area (Å²) in [7, 11) is 0. The first-order chi connectivity index (χ1) is 42.4. The fourth-order valence-electron chi connectivity index (χ4n) is 18.4. The molecule has 2 aromatic heterocycles. The van der Waals surface area contributed by atoms with Crippen LogP contribution < -0.4 is 31.1 Å². The fourth-order valence-corrected chi connectivity index (χ4v) is 19.6. The zero-order valence-electron chi connectivity index (χ0n) is 52.5. The van der Waals surface area contributed by atoms with Gasteiger partial charge < -0.3 is 19.1 Å². The highest BCUT2D eigenvalue weighted by Gasteiger charge is 2.59. The van der Waals surface area contributed by atoms with Gasteiger partial charge in [-0.15, -0.1) is 11.3 Å². The molecule has 4 nitrogen and oxygen atoms in total. The number of furan rings is 1. The topological polar surface area (TPSA) is 22.9 Å². The van der Waals surface area contributed by atoms with Crippen LogP contribution in [-0.2, 0) is 27.1 Å². The van der Waals surface area contributed by atoms with E-state index in [2.05, 4.69) is 278 Å². The Morgan fingerprint density at radius 3 is 1.70 bits per heavy atom. The number of fused-ring (bicyclic) bond motifs is 16. The molecule has 1 fully saturated rings. The lowest BCUT2D eigenvalue weighted by molar-refractivity contribution is 0.195. The first-order valence-corrected chi connectivity index (χ1v) is 33.3. The molecule has 0 saturated heterocycles. The van der Waals surface area contributed by atoms with Crippen LogP contribution in [0.3, 0.4) is 0 Å². The van der Waals surface area contributed by atoms with Gasteiger partial charge in [0.2, 0.25) is 0 Å². The maximum absolute atomic E-state index is 7.27. The lowest BCUT2D eigenvalue weighted by Crippen LogP contribution is -2.62. The van der Waals surface area contributed by atoms with Crippen molar-refractivity contribution in [2.45, 2.75) is 140 Å². The third-order valence-corrected chi connectivity index (χ3v) is 24.6. The third-order valence-electron chi connectivity index (χ3n) is 23.5. The molecule has 0 bridgehead atoms. The second-order valence-corrected chi connectivity index (χ2v) is 30.8. The van der Waals surface area contributed by atoms with Crippen LogP contribution >= 0.6 is 11.3 Å². The Labute approximate surface area is 522 Å². The van der Waals surface area contributed by atoms with Gasteiger partial charge in [-0.1, -0.05) is 203 Å². The normalized spacial score (nSPS) is 21.2. The Kier molecular flexibility index (Phi) is 10.6. The number of anilines is 8. The molecule has 0 amide bonds. The summed E-state index contributed by atoms with van der Waals surface area (Å²) in [6.07, 6.45) is 6.85. The monoisotopic (exact) mass is 1160 g/mol. The van der Waals surface area contributed by atoms with Crippen molar-refractivity contribution in [1.82, 2.24) is 0 Å². The van der Waals surface area contributed by atoms with Crippen LogP contribution in [0.2, 0.25) is 0 Å². The molecule has 1 saturated carbocycles. The van der Waals surface area contributed by atoms with E-state index in [1.165, 1.54) is 139 Å². The number of para-hydroxylation sites is 2. The van der Waals surface area contributed by atoms with Gasteiger partial charge in [-0.3, -0.25) is 0 Å². The lowest BCUT2D eigenvalue weighted by atomic mass is 9.32. The Hall–Kier alpha value is -8.32. The van der Waals surface area contributed by atoms with Crippen molar-refractivity contribution in [2.24, 2.45) is 0 Å². The van der Waals surface area contributed by atoms with Crippen LogP contribution in [0.4, 0.5) is 45.5 Å². The highest BCUT2D eigenvalue weighted by atomic mass is 32.1. The molecular weight excluding hydrogens is 1090 g/mol. The Morgan fingerprint density at radius 1 is 0.398 bits per heavy atom. The van der Waals surface area contributed by atoms with Crippen molar-refractivity contribution >= 4 is 122 Å². The van der Waals surface area contributed by atoms with E-state index in [-0.39, 0.29) is 39.3 Å². The smallest absolute Gasteiger partial charge is 0.252 e. The minimum atomic E-state index is -0.282. The minimum absolute atomic E-state index is 0.0349. The summed E-state index contributed by atoms with van der Waals surface area (Å²) in [5.41, 5.74) is 27.3. The van der Waals surface area contributed by atoms with E-state index in [0.717, 1.165) is 53.3 Å². The molecule has 3 aliphatic carbocycles. The van der Waals surface area contributed by atoms with Crippen molar-refractivity contribution in [3.63, 3.8) is 0 Å². The van der Waals surface area contributed by atoms with Crippen molar-refractivity contribution in [3.8, 4) is 11.1 Å². The Morgan fingerprint density at radius 2 is 0.966 bits per heavy atom. The maximum atomic E-state index is 7.27. The van der Waals surface area contributed by atoms with Gasteiger partial charge in [-0.25, -0.2) is 0 Å². The molecule has 5 heterocycles. The Bertz CT molecular complexity index is 5020. The first-order valence-electron chi connectivity index (χ1n) is 32.4. The predicted octanol–water partition coefficient (Wildman–Crippen LogP) is 20.8. The largest absolute Gasteiger partial charge is 0.454 e. The molecule has 3 aliphatic heterocycles. The molecule has 88 heavy (non-hydrogen) atoms. The zero-order chi connectivity index (χ0) is 59.8. The van der Waals surface area contributed by atoms with E-state index in [9.17, 15) is 0 Å². The van der Waals surface area contributed by atoms with E-state index >= 15 is 0 Å². The minimum Gasteiger partial charge on any atom is -0.454 e. The maximum Gasteiger partial charge on any atom is 0.252 e. The third kappa shape index (κ3) is 6.83. The molecule has 0 spiro atoms. The van der Waals surface area contributed by atoms with Crippen molar-refractivity contribution in [3.05, 3.63) is 233 Å². The molecule has 2 atom stereocenters. The molecule has 18 rings (SSSR count). The van der Waals surface area contributed by atoms with Crippen LogP contribution in [-0.4, -0.2) is 12.3 Å². The SMILES string of the molecule is CC1(C)CCC(C)(C)c2cc3c(cc21)B1c2cc4c(cc2N(c2cccc5sc6ccccc6c25)c2cc(N5c6ccc(-c7ccccc7)cc6C6(C)CCCCC56C)cc(c21)N3c1cccc2c1oc1ccccc12)C(C)(C)c1ccccc1C4(C)C. The molecule has 10 aromatic carbocycles. The molecule has 6 heteroatoms. The number of hydrogen-bond donors (Lipinski definition) is 0. The van der Waals surface area contributed by atoms with E-state index in [4.69, 9.17) is 4.42 Å². The van der Waals surface area contributed by atoms with Gasteiger partial charge in [-0.05, 0) is 177 Å². The van der Waals surface area contributed by atoms with Gasteiger partial charge in [0, 0.05) is 81.3 Å². The van der Waals surface area contributed by atoms with Crippen LogP contribution in [0.25, 0.3) is 53.2 Å². The number of thiophene rings is 1. The highest BCUT2D eigenvalue weighted by molar-refractivity contribution is 7.26. The first kappa shape index (κ1) is 52.8. The van der Waals surface area contributed by atoms with Crippen LogP contribution in [0.1, 0.15) is 147 Å². The van der Waals surface area contributed by atoms with Crippen molar-refractivity contribution in [1.29, 1.82) is 0 Å². The van der Waals surface area contributed by atoms with E-state index in [0.29, 0.717) is 0 Å². The second-order valence-electron chi connectivity index (χ2n) is 29.7. The number of nitrogens with zero attached hydrogens (tertiary/aromatic N) is 3. The number of rotatable bonds is 4. The van der Waals surface area contributed by atoms with Gasteiger partial charge in [0.15, 0.2) is 5.58 Å². The number of benzene rings is 10. The molecule has 0 N–H and O–H groups in total.